The summed E-state index contributed by atoms with van der Waals surface area (Å²) in [4.78, 5) is 23.2. The van der Waals surface area contributed by atoms with Crippen LogP contribution in [0.25, 0.3) is 0 Å². The molecule has 9 heteroatoms. The number of amides is 1. The van der Waals surface area contributed by atoms with E-state index in [0.29, 0.717) is 23.9 Å². The summed E-state index contributed by atoms with van der Waals surface area (Å²) < 4.78 is 0. The first kappa shape index (κ1) is 29.6. The van der Waals surface area contributed by atoms with Crippen molar-refractivity contribution in [3.63, 3.8) is 0 Å². The molecule has 196 valence electrons. The van der Waals surface area contributed by atoms with Crippen molar-refractivity contribution in [1.29, 1.82) is 0 Å². The average molecular weight is 534 g/mol. The number of nitrogens with two attached hydrogens (primary N) is 1. The van der Waals surface area contributed by atoms with Gasteiger partial charge in [0.2, 0.25) is 0 Å². The van der Waals surface area contributed by atoms with Gasteiger partial charge in [-0.25, -0.2) is 9.97 Å². The molecule has 0 radical (unpaired) electrons. The molecule has 7 nitrogen and oxygen atoms in total. The fourth-order valence-corrected chi connectivity index (χ4v) is 3.91. The number of nitrogen functional groups attached to an aromatic ring is 1. The van der Waals surface area contributed by atoms with Gasteiger partial charge in [-0.15, -0.1) is 0 Å². The van der Waals surface area contributed by atoms with Gasteiger partial charge in [0.15, 0.2) is 22.5 Å². The van der Waals surface area contributed by atoms with Crippen LogP contribution in [-0.4, -0.2) is 47.5 Å². The zero-order valence-electron chi connectivity index (χ0n) is 21.2. The third kappa shape index (κ3) is 11.0. The first-order chi connectivity index (χ1) is 17.3. The number of unbranched alkanes of at least 4 members (excludes halogenated alkanes) is 4. The standard InChI is InChI=1S/C27H38Cl2N6O/c1-4-20(2)11-7-5-6-9-17-35(3)18-10-8-16-31-27(36)23-25(30)34-26(24(29)33-23)32-19-21-12-14-22(28)15-13-21/h4,12-15H,1-2,5-11,16-19H2,3H3,(H,31,36)(H3,30,32,34). The second-order valence-corrected chi connectivity index (χ2v) is 9.66. The Morgan fingerprint density at radius 2 is 1.72 bits per heavy atom. The highest BCUT2D eigenvalue weighted by Gasteiger charge is 2.16. The van der Waals surface area contributed by atoms with Crippen LogP contribution in [0.1, 0.15) is 61.0 Å². The second kappa shape index (κ2) is 16.2. The van der Waals surface area contributed by atoms with Crippen molar-refractivity contribution in [2.75, 3.05) is 37.7 Å². The molecule has 4 N–H and O–H groups in total. The Kier molecular flexibility index (Phi) is 13.3. The topological polar surface area (TPSA) is 96.2 Å². The Morgan fingerprint density at radius 1 is 1.06 bits per heavy atom. The average Bonchev–Trinajstić information content (AvgIpc) is 2.86. The molecule has 0 aliphatic carbocycles. The van der Waals surface area contributed by atoms with E-state index >= 15 is 0 Å². The minimum atomic E-state index is -0.376. The summed E-state index contributed by atoms with van der Waals surface area (Å²) in [6.45, 7) is 10.8. The Morgan fingerprint density at radius 3 is 2.42 bits per heavy atom. The van der Waals surface area contributed by atoms with E-state index in [-0.39, 0.29) is 22.6 Å². The van der Waals surface area contributed by atoms with Crippen LogP contribution in [0, 0.1) is 0 Å². The highest BCUT2D eigenvalue weighted by Crippen LogP contribution is 2.21. The van der Waals surface area contributed by atoms with E-state index in [0.717, 1.165) is 43.5 Å². The fourth-order valence-electron chi connectivity index (χ4n) is 3.59. The van der Waals surface area contributed by atoms with Crippen LogP contribution >= 0.6 is 23.2 Å². The largest absolute Gasteiger partial charge is 0.382 e. The van der Waals surface area contributed by atoms with Crippen LogP contribution in [0.4, 0.5) is 11.6 Å². The maximum Gasteiger partial charge on any atom is 0.273 e. The van der Waals surface area contributed by atoms with Crippen molar-refractivity contribution in [3.8, 4) is 0 Å². The Bertz CT molecular complexity index is 997. The molecule has 2 rings (SSSR count). The molecule has 1 amide bonds. The molecule has 1 aromatic heterocycles. The molecule has 0 fully saturated rings. The summed E-state index contributed by atoms with van der Waals surface area (Å²) in [5, 5.41) is 6.70. The number of nitrogens with one attached hydrogen (secondary N) is 2. The van der Waals surface area contributed by atoms with Crippen molar-refractivity contribution >= 4 is 40.7 Å². The van der Waals surface area contributed by atoms with E-state index in [1.807, 2.05) is 18.2 Å². The minimum absolute atomic E-state index is 0.0315. The van der Waals surface area contributed by atoms with Crippen molar-refractivity contribution < 1.29 is 4.79 Å². The number of allylic oxidation sites excluding steroid dienone is 2. The molecule has 0 bridgehead atoms. The zero-order chi connectivity index (χ0) is 26.3. The van der Waals surface area contributed by atoms with Gasteiger partial charge in [0, 0.05) is 18.1 Å². The highest BCUT2D eigenvalue weighted by atomic mass is 35.5. The lowest BCUT2D eigenvalue weighted by molar-refractivity contribution is 0.0948. The number of benzene rings is 1. The summed E-state index contributed by atoms with van der Waals surface area (Å²) >= 11 is 12.1. The number of nitrogens with zero attached hydrogens (tertiary/aromatic N) is 3. The van der Waals surface area contributed by atoms with Gasteiger partial charge in [0.05, 0.1) is 0 Å². The number of rotatable bonds is 17. The van der Waals surface area contributed by atoms with Gasteiger partial charge in [-0.3, -0.25) is 4.79 Å². The molecule has 0 saturated heterocycles. The van der Waals surface area contributed by atoms with E-state index < -0.39 is 0 Å². The number of hydrogen-bond donors (Lipinski definition) is 3. The van der Waals surface area contributed by atoms with Crippen LogP contribution < -0.4 is 16.4 Å². The van der Waals surface area contributed by atoms with Gasteiger partial charge >= 0.3 is 0 Å². The van der Waals surface area contributed by atoms with Crippen LogP contribution in [-0.2, 0) is 6.54 Å². The summed E-state index contributed by atoms with van der Waals surface area (Å²) in [5.74, 6) is -0.0198. The number of aromatic nitrogens is 2. The van der Waals surface area contributed by atoms with Crippen molar-refractivity contribution in [2.24, 2.45) is 0 Å². The van der Waals surface area contributed by atoms with Crippen molar-refractivity contribution in [3.05, 3.63) is 70.5 Å². The number of anilines is 2. The van der Waals surface area contributed by atoms with Gasteiger partial charge in [-0.1, -0.05) is 73.0 Å². The molecular weight excluding hydrogens is 495 g/mol. The summed E-state index contributed by atoms with van der Waals surface area (Å²) in [6, 6.07) is 7.39. The molecule has 0 aliphatic heterocycles. The molecule has 0 unspecified atom stereocenters. The third-order valence-corrected chi connectivity index (χ3v) is 6.31. The van der Waals surface area contributed by atoms with Crippen LogP contribution in [0.5, 0.6) is 0 Å². The quantitative estimate of drug-likeness (QED) is 0.168. The van der Waals surface area contributed by atoms with E-state index in [9.17, 15) is 4.79 Å². The number of halogens is 2. The Balaban J connectivity index is 1.64. The Hall–Kier alpha value is -2.61. The lowest BCUT2D eigenvalue weighted by atomic mass is 10.1. The van der Waals surface area contributed by atoms with E-state index in [1.165, 1.54) is 25.7 Å². The molecule has 0 spiro atoms. The maximum absolute atomic E-state index is 12.5. The second-order valence-electron chi connectivity index (χ2n) is 8.87. The van der Waals surface area contributed by atoms with Gasteiger partial charge in [-0.2, -0.15) is 0 Å². The van der Waals surface area contributed by atoms with E-state index in [1.54, 1.807) is 12.1 Å². The summed E-state index contributed by atoms with van der Waals surface area (Å²) in [5.41, 5.74) is 8.13. The Labute approximate surface area is 225 Å². The zero-order valence-corrected chi connectivity index (χ0v) is 22.7. The van der Waals surface area contributed by atoms with Crippen LogP contribution in [0.15, 0.2) is 49.1 Å². The smallest absolute Gasteiger partial charge is 0.273 e. The van der Waals surface area contributed by atoms with Crippen LogP contribution in [0.3, 0.4) is 0 Å². The molecular formula is C27H38Cl2N6O. The first-order valence-electron chi connectivity index (χ1n) is 12.4. The van der Waals surface area contributed by atoms with Crippen molar-refractivity contribution in [1.82, 2.24) is 20.2 Å². The normalized spacial score (nSPS) is 10.9. The molecule has 36 heavy (non-hydrogen) atoms. The molecule has 1 aromatic carbocycles. The predicted molar refractivity (Wildman–Crippen MR) is 152 cm³/mol. The van der Waals surface area contributed by atoms with Gasteiger partial charge in [0.1, 0.15) is 0 Å². The van der Waals surface area contributed by atoms with Crippen LogP contribution in [0.2, 0.25) is 10.2 Å². The summed E-state index contributed by atoms with van der Waals surface area (Å²) in [6.07, 6.45) is 9.56. The van der Waals surface area contributed by atoms with E-state index in [2.05, 4.69) is 45.7 Å². The highest BCUT2D eigenvalue weighted by molar-refractivity contribution is 6.32. The van der Waals surface area contributed by atoms with Gasteiger partial charge < -0.3 is 21.3 Å². The monoisotopic (exact) mass is 532 g/mol. The van der Waals surface area contributed by atoms with Gasteiger partial charge in [-0.05, 0) is 69.9 Å². The molecule has 0 saturated carbocycles. The van der Waals surface area contributed by atoms with Crippen molar-refractivity contribution in [2.45, 2.75) is 51.5 Å². The minimum Gasteiger partial charge on any atom is -0.382 e. The number of carbonyl (C=O) groups is 1. The number of hydrogen-bond acceptors (Lipinski definition) is 6. The molecule has 0 aliphatic rings. The number of carbonyl (C=O) groups excluding carboxylic acids is 1. The molecule has 1 heterocycles. The van der Waals surface area contributed by atoms with Gasteiger partial charge in [0.25, 0.3) is 5.91 Å². The lowest BCUT2D eigenvalue weighted by Crippen LogP contribution is -2.28. The molecule has 2 aromatic rings. The first-order valence-corrected chi connectivity index (χ1v) is 13.1. The summed E-state index contributed by atoms with van der Waals surface area (Å²) in [7, 11) is 2.14. The third-order valence-electron chi connectivity index (χ3n) is 5.80. The fraction of sp³-hybridized carbons (Fsp3) is 0.444. The lowest BCUT2D eigenvalue weighted by Gasteiger charge is -2.16. The SMILES string of the molecule is C=CC(=C)CCCCCCN(C)CCCCNC(=O)c1nc(Cl)c(NCc2ccc(Cl)cc2)nc1N. The maximum atomic E-state index is 12.5. The molecule has 0 atom stereocenters. The predicted octanol–water partition coefficient (Wildman–Crippen LogP) is 6.11. The van der Waals surface area contributed by atoms with E-state index in [4.69, 9.17) is 28.9 Å².